The third kappa shape index (κ3) is 13.8. The van der Waals surface area contributed by atoms with Gasteiger partial charge in [-0.2, -0.15) is 0 Å². The molecule has 2 aromatic rings. The zero-order valence-corrected chi connectivity index (χ0v) is 32.1. The molecule has 1 fully saturated rings. The molecule has 2 unspecified atom stereocenters. The molecule has 10 nitrogen and oxygen atoms in total. The number of ketones is 1. The number of carbonyl (C=O) groups is 3. The first-order valence-corrected chi connectivity index (χ1v) is 17.8. The smallest absolute Gasteiger partial charge is 0.231 e. The number of benzene rings is 1. The molecule has 0 saturated carbocycles. The first-order valence-electron chi connectivity index (χ1n) is 17.8. The van der Waals surface area contributed by atoms with Crippen LogP contribution in [0.15, 0.2) is 30.5 Å². The number of carbonyl (C=O) groups excluding carboxylic acids is 3. The van der Waals surface area contributed by atoms with Gasteiger partial charge in [0.05, 0.1) is 17.1 Å². The second kappa shape index (κ2) is 19.7. The molecule has 3 heterocycles. The minimum absolute atomic E-state index is 0.0253. The first kappa shape index (κ1) is 41.8. The normalized spacial score (nSPS) is 17.4. The topological polar surface area (TPSA) is 114 Å². The standard InChI is InChI=1S/C29H39N5O4.C5H12O.C5H12/c1-29(2,3)28-31-16-23(26(32-28)30-11-7-13-38-4)25(36)15-20-14-22(18-33(17-20)19-35)27(37)34-12-10-21-8-5-6-9-24(21)34;1-5(2,3)6-4;1-4-5(2)3/h5-6,8-9,16,19-20,22H,7,10-15,17-18H2,1-4H3,(H,30,31,32);1-4H3;5H,4H2,1-3H3. The molecule has 2 aliphatic rings. The van der Waals surface area contributed by atoms with Crippen molar-refractivity contribution in [2.45, 2.75) is 105 Å². The molecule has 2 amide bonds. The van der Waals surface area contributed by atoms with Crippen LogP contribution in [0, 0.1) is 17.8 Å². The average molecular weight is 682 g/mol. The molecule has 0 radical (unpaired) electrons. The summed E-state index contributed by atoms with van der Waals surface area (Å²) in [5, 5.41) is 3.29. The number of anilines is 2. The van der Waals surface area contributed by atoms with Crippen LogP contribution in [0.25, 0.3) is 0 Å². The first-order chi connectivity index (χ1) is 23.0. The summed E-state index contributed by atoms with van der Waals surface area (Å²) < 4.78 is 10.1. The van der Waals surface area contributed by atoms with Gasteiger partial charge in [-0.1, -0.05) is 66.2 Å². The molecule has 1 saturated heterocycles. The Morgan fingerprint density at radius 3 is 2.31 bits per heavy atom. The van der Waals surface area contributed by atoms with Crippen molar-refractivity contribution in [1.29, 1.82) is 0 Å². The molecule has 274 valence electrons. The molecule has 10 heteroatoms. The van der Waals surface area contributed by atoms with E-state index in [1.54, 1.807) is 25.3 Å². The quantitative estimate of drug-likeness (QED) is 0.154. The number of rotatable bonds is 11. The highest BCUT2D eigenvalue weighted by molar-refractivity contribution is 6.00. The minimum Gasteiger partial charge on any atom is -0.385 e. The molecule has 1 N–H and O–H groups in total. The summed E-state index contributed by atoms with van der Waals surface area (Å²) >= 11 is 0. The zero-order valence-electron chi connectivity index (χ0n) is 32.1. The predicted molar refractivity (Wildman–Crippen MR) is 198 cm³/mol. The van der Waals surface area contributed by atoms with Gasteiger partial charge >= 0.3 is 0 Å². The molecule has 0 bridgehead atoms. The zero-order chi connectivity index (χ0) is 36.8. The lowest BCUT2D eigenvalue weighted by Gasteiger charge is -2.36. The van der Waals surface area contributed by atoms with E-state index >= 15 is 0 Å². The Kier molecular flexibility index (Phi) is 16.8. The van der Waals surface area contributed by atoms with Gasteiger partial charge < -0.3 is 24.6 Å². The molecule has 4 rings (SSSR count). The van der Waals surface area contributed by atoms with Crippen LogP contribution >= 0.6 is 0 Å². The summed E-state index contributed by atoms with van der Waals surface area (Å²) in [6.07, 6.45) is 6.09. The largest absolute Gasteiger partial charge is 0.385 e. The van der Waals surface area contributed by atoms with Crippen molar-refractivity contribution in [1.82, 2.24) is 14.9 Å². The molecule has 2 aliphatic heterocycles. The van der Waals surface area contributed by atoms with Gasteiger partial charge in [-0.05, 0) is 63.5 Å². The predicted octanol–water partition coefficient (Wildman–Crippen LogP) is 6.96. The third-order valence-electron chi connectivity index (χ3n) is 8.70. The molecular weight excluding hydrogens is 618 g/mol. The van der Waals surface area contributed by atoms with E-state index in [0.717, 1.165) is 30.9 Å². The number of para-hydroxylation sites is 1. The summed E-state index contributed by atoms with van der Waals surface area (Å²) in [5.41, 5.74) is 2.34. The molecule has 2 atom stereocenters. The molecule has 0 aliphatic carbocycles. The number of hydrogen-bond acceptors (Lipinski definition) is 8. The van der Waals surface area contributed by atoms with Crippen LogP contribution in [0.4, 0.5) is 11.5 Å². The lowest BCUT2D eigenvalue weighted by Crippen LogP contribution is -2.47. The number of likely N-dealkylation sites (tertiary alicyclic amines) is 1. The Hall–Kier alpha value is -3.37. The lowest BCUT2D eigenvalue weighted by atomic mass is 9.84. The number of Topliss-reactive ketones (excluding diaryl/α,β-unsaturated/α-hetero) is 1. The van der Waals surface area contributed by atoms with Gasteiger partial charge in [-0.15, -0.1) is 0 Å². The van der Waals surface area contributed by atoms with Gasteiger partial charge in [0.1, 0.15) is 11.6 Å². The highest BCUT2D eigenvalue weighted by atomic mass is 16.5. The van der Waals surface area contributed by atoms with Crippen molar-refractivity contribution in [2.75, 3.05) is 57.2 Å². The second-order valence-electron chi connectivity index (χ2n) is 15.5. The third-order valence-corrected chi connectivity index (χ3v) is 8.70. The Morgan fingerprint density at radius 1 is 1.08 bits per heavy atom. The number of ether oxygens (including phenoxy) is 2. The van der Waals surface area contributed by atoms with Gasteiger partial charge in [-0.25, -0.2) is 9.97 Å². The molecular formula is C39H63N5O5. The number of nitrogens with one attached hydrogen (secondary N) is 1. The van der Waals surface area contributed by atoms with Crippen LogP contribution in [-0.2, 0) is 30.9 Å². The molecule has 1 aromatic carbocycles. The van der Waals surface area contributed by atoms with Crippen LogP contribution in [0.2, 0.25) is 0 Å². The maximum absolute atomic E-state index is 13.5. The van der Waals surface area contributed by atoms with Gasteiger partial charge in [0.2, 0.25) is 12.3 Å². The van der Waals surface area contributed by atoms with Crippen molar-refractivity contribution in [3.8, 4) is 0 Å². The van der Waals surface area contributed by atoms with Crippen molar-refractivity contribution in [3.63, 3.8) is 0 Å². The Labute approximate surface area is 295 Å². The van der Waals surface area contributed by atoms with Crippen LogP contribution in [0.3, 0.4) is 0 Å². The SMILES string of the molecule is CCC(C)C.COC(C)(C)C.COCCCNc1nc(C(C)(C)C)ncc1C(=O)CC1CC(C(=O)N2CCc3ccccc32)CN(C=O)C1. The maximum atomic E-state index is 13.5. The number of nitrogens with zero attached hydrogens (tertiary/aromatic N) is 4. The van der Waals surface area contributed by atoms with Gasteiger partial charge in [0.25, 0.3) is 0 Å². The monoisotopic (exact) mass is 681 g/mol. The molecule has 0 spiro atoms. The summed E-state index contributed by atoms with van der Waals surface area (Å²) in [5.74, 6) is 1.53. The summed E-state index contributed by atoms with van der Waals surface area (Å²) in [4.78, 5) is 51.5. The van der Waals surface area contributed by atoms with E-state index < -0.39 is 0 Å². The van der Waals surface area contributed by atoms with E-state index in [0.29, 0.717) is 56.4 Å². The maximum Gasteiger partial charge on any atom is 0.231 e. The fraction of sp³-hybridized carbons (Fsp3) is 0.667. The summed E-state index contributed by atoms with van der Waals surface area (Å²) in [6.45, 7) is 21.5. The van der Waals surface area contributed by atoms with E-state index in [-0.39, 0.29) is 41.0 Å². The number of piperidine rings is 1. The van der Waals surface area contributed by atoms with Crippen molar-refractivity contribution in [2.24, 2.45) is 17.8 Å². The van der Waals surface area contributed by atoms with E-state index in [1.807, 2.05) is 64.6 Å². The summed E-state index contributed by atoms with van der Waals surface area (Å²) in [7, 11) is 3.37. The van der Waals surface area contributed by atoms with E-state index in [9.17, 15) is 14.4 Å². The molecule has 1 aromatic heterocycles. The fourth-order valence-corrected chi connectivity index (χ4v) is 5.32. The lowest BCUT2D eigenvalue weighted by molar-refractivity contribution is -0.128. The van der Waals surface area contributed by atoms with E-state index in [2.05, 4.69) is 37.1 Å². The minimum atomic E-state index is -0.343. The van der Waals surface area contributed by atoms with Gasteiger partial charge in [0.15, 0.2) is 5.78 Å². The van der Waals surface area contributed by atoms with Crippen LogP contribution in [0.5, 0.6) is 0 Å². The average Bonchev–Trinajstić information content (AvgIpc) is 3.50. The van der Waals surface area contributed by atoms with Crippen LogP contribution in [0.1, 0.15) is 110 Å². The van der Waals surface area contributed by atoms with Crippen molar-refractivity contribution >= 4 is 29.6 Å². The number of hydrogen-bond donors (Lipinski definition) is 1. The fourth-order valence-electron chi connectivity index (χ4n) is 5.32. The Morgan fingerprint density at radius 2 is 1.73 bits per heavy atom. The number of aromatic nitrogens is 2. The van der Waals surface area contributed by atoms with Crippen molar-refractivity contribution < 1.29 is 23.9 Å². The van der Waals surface area contributed by atoms with Gasteiger partial charge in [-0.3, -0.25) is 14.4 Å². The molecule has 49 heavy (non-hydrogen) atoms. The Bertz CT molecular complexity index is 1330. The number of fused-ring (bicyclic) bond motifs is 1. The van der Waals surface area contributed by atoms with Gasteiger partial charge in [0, 0.05) is 70.7 Å². The number of methoxy groups -OCH3 is 2. The van der Waals surface area contributed by atoms with Crippen LogP contribution < -0.4 is 10.2 Å². The second-order valence-corrected chi connectivity index (χ2v) is 15.5. The van der Waals surface area contributed by atoms with Crippen molar-refractivity contribution in [3.05, 3.63) is 47.4 Å². The number of amides is 2. The highest BCUT2D eigenvalue weighted by Gasteiger charge is 2.37. The summed E-state index contributed by atoms with van der Waals surface area (Å²) in [6, 6.07) is 7.96. The highest BCUT2D eigenvalue weighted by Crippen LogP contribution is 2.33. The van der Waals surface area contributed by atoms with E-state index in [4.69, 9.17) is 14.5 Å². The Balaban J connectivity index is 0.000000656. The van der Waals surface area contributed by atoms with E-state index in [1.165, 1.54) is 12.0 Å². The van der Waals surface area contributed by atoms with Crippen LogP contribution in [-0.4, -0.2) is 85.6 Å².